The molecule has 0 aliphatic carbocycles. The zero-order valence-electron chi connectivity index (χ0n) is 13.9. The van der Waals surface area contributed by atoms with Crippen LogP contribution >= 0.6 is 23.2 Å². The van der Waals surface area contributed by atoms with Gasteiger partial charge in [0.15, 0.2) is 11.5 Å². The van der Waals surface area contributed by atoms with Crippen LogP contribution in [-0.4, -0.2) is 44.2 Å². The average molecular weight is 376 g/mol. The molecule has 2 rings (SSSR count). The number of amides is 1. The molecule has 0 saturated carbocycles. The van der Waals surface area contributed by atoms with Gasteiger partial charge in [-0.3, -0.25) is 4.79 Å². The van der Waals surface area contributed by atoms with Gasteiger partial charge in [-0.2, -0.15) is 0 Å². The van der Waals surface area contributed by atoms with E-state index in [1.54, 1.807) is 14.2 Å². The number of benzene rings is 1. The van der Waals surface area contributed by atoms with Crippen LogP contribution in [0.2, 0.25) is 0 Å². The fourth-order valence-corrected chi connectivity index (χ4v) is 3.33. The van der Waals surface area contributed by atoms with Crippen molar-refractivity contribution >= 4 is 29.1 Å². The number of hydrogen-bond acceptors (Lipinski definition) is 4. The largest absolute Gasteiger partial charge is 0.493 e. The van der Waals surface area contributed by atoms with Gasteiger partial charge in [-0.1, -0.05) is 6.07 Å². The van der Waals surface area contributed by atoms with Crippen molar-refractivity contribution in [3.63, 3.8) is 0 Å². The third kappa shape index (κ3) is 4.91. The number of carbonyl (C=O) groups excluding carboxylic acids is 1. The molecule has 1 fully saturated rings. The molecule has 1 heterocycles. The third-order valence-electron chi connectivity index (χ3n) is 4.11. The lowest BCUT2D eigenvalue weighted by molar-refractivity contribution is -0.133. The summed E-state index contributed by atoms with van der Waals surface area (Å²) in [7, 11) is 3.20. The topological polar surface area (TPSA) is 56.8 Å². The molecule has 1 N–H and O–H groups in total. The van der Waals surface area contributed by atoms with Gasteiger partial charge in [0.2, 0.25) is 5.91 Å². The molecule has 1 aromatic carbocycles. The Bertz CT molecular complexity index is 553. The maximum Gasteiger partial charge on any atom is 0.225 e. The zero-order valence-corrected chi connectivity index (χ0v) is 15.4. The first-order valence-electron chi connectivity index (χ1n) is 7.95. The van der Waals surface area contributed by atoms with Crippen molar-refractivity contribution < 1.29 is 19.0 Å². The predicted octanol–water partition coefficient (Wildman–Crippen LogP) is 2.96. The second-order valence-electron chi connectivity index (χ2n) is 5.65. The molecule has 134 valence electrons. The van der Waals surface area contributed by atoms with Crippen molar-refractivity contribution in [3.05, 3.63) is 23.8 Å². The number of alkyl halides is 2. The highest BCUT2D eigenvalue weighted by atomic mass is 35.5. The summed E-state index contributed by atoms with van der Waals surface area (Å²) in [5, 5.41) is 2.94. The normalized spacial score (nSPS) is 20.7. The molecular weight excluding hydrogens is 353 g/mol. The zero-order chi connectivity index (χ0) is 17.5. The Hall–Kier alpha value is -1.17. The highest BCUT2D eigenvalue weighted by molar-refractivity contribution is 6.44. The maximum atomic E-state index is 12.4. The molecule has 0 unspecified atom stereocenters. The van der Waals surface area contributed by atoms with E-state index < -0.39 is 10.9 Å². The highest BCUT2D eigenvalue weighted by Crippen LogP contribution is 2.29. The number of methoxy groups -OCH3 is 2. The predicted molar refractivity (Wildman–Crippen MR) is 94.2 cm³/mol. The van der Waals surface area contributed by atoms with Gasteiger partial charge in [0.1, 0.15) is 4.84 Å². The van der Waals surface area contributed by atoms with Gasteiger partial charge in [-0.05, 0) is 37.0 Å². The summed E-state index contributed by atoms with van der Waals surface area (Å²) in [6.07, 6.45) is 1.83. The lowest BCUT2D eigenvalue weighted by Gasteiger charge is -2.31. The Morgan fingerprint density at radius 2 is 2.08 bits per heavy atom. The van der Waals surface area contributed by atoms with Crippen LogP contribution in [0.4, 0.5) is 0 Å². The van der Waals surface area contributed by atoms with Crippen LogP contribution in [0.5, 0.6) is 11.5 Å². The van der Waals surface area contributed by atoms with Crippen LogP contribution < -0.4 is 14.8 Å². The van der Waals surface area contributed by atoms with Crippen molar-refractivity contribution in [1.29, 1.82) is 0 Å². The summed E-state index contributed by atoms with van der Waals surface area (Å²) in [5.74, 6) is 0.993. The van der Waals surface area contributed by atoms with Crippen LogP contribution in [0, 0.1) is 5.92 Å². The smallest absolute Gasteiger partial charge is 0.225 e. The number of carbonyl (C=O) groups is 1. The summed E-state index contributed by atoms with van der Waals surface area (Å²) in [4.78, 5) is 11.7. The standard InChI is InChI=1S/C17H23Cl2NO4/c1-22-13-6-5-11(10-14(13)23-2)7-8-20-17(21)12-4-3-9-24-15(12)16(18)19/h5-6,10,12,15-16H,3-4,7-9H2,1-2H3,(H,20,21)/t12-,15-/m1/s1. The van der Waals surface area contributed by atoms with Gasteiger partial charge < -0.3 is 19.5 Å². The Labute approximate surface area is 152 Å². The molecule has 1 aliphatic heterocycles. The van der Waals surface area contributed by atoms with E-state index in [0.29, 0.717) is 31.1 Å². The molecule has 2 atom stereocenters. The van der Waals surface area contributed by atoms with Gasteiger partial charge in [-0.25, -0.2) is 0 Å². The summed E-state index contributed by atoms with van der Waals surface area (Å²) in [6.45, 7) is 1.11. The molecule has 0 spiro atoms. The van der Waals surface area contributed by atoms with E-state index in [2.05, 4.69) is 5.32 Å². The fraction of sp³-hybridized carbons (Fsp3) is 0.588. The van der Waals surface area contributed by atoms with Gasteiger partial charge in [0.25, 0.3) is 0 Å². The van der Waals surface area contributed by atoms with E-state index >= 15 is 0 Å². The number of rotatable bonds is 7. The second kappa shape index (κ2) is 9.35. The molecule has 0 aromatic heterocycles. The number of ether oxygens (including phenoxy) is 3. The van der Waals surface area contributed by atoms with Crippen molar-refractivity contribution in [3.8, 4) is 11.5 Å². The Morgan fingerprint density at radius 3 is 2.75 bits per heavy atom. The van der Waals surface area contributed by atoms with Gasteiger partial charge in [0, 0.05) is 13.2 Å². The third-order valence-corrected chi connectivity index (χ3v) is 4.61. The van der Waals surface area contributed by atoms with E-state index in [0.717, 1.165) is 18.4 Å². The molecule has 24 heavy (non-hydrogen) atoms. The van der Waals surface area contributed by atoms with Gasteiger partial charge in [0.05, 0.1) is 26.2 Å². The molecule has 5 nitrogen and oxygen atoms in total. The quantitative estimate of drug-likeness (QED) is 0.744. The van der Waals surface area contributed by atoms with E-state index in [1.165, 1.54) is 0 Å². The van der Waals surface area contributed by atoms with E-state index in [-0.39, 0.29) is 11.8 Å². The van der Waals surface area contributed by atoms with Crippen molar-refractivity contribution in [2.75, 3.05) is 27.4 Å². The number of nitrogens with one attached hydrogen (secondary N) is 1. The minimum absolute atomic E-state index is 0.0634. The minimum Gasteiger partial charge on any atom is -0.493 e. The van der Waals surface area contributed by atoms with Crippen molar-refractivity contribution in [1.82, 2.24) is 5.32 Å². The van der Waals surface area contributed by atoms with Crippen LogP contribution in [0.25, 0.3) is 0 Å². The van der Waals surface area contributed by atoms with Crippen LogP contribution in [0.15, 0.2) is 18.2 Å². The molecule has 0 bridgehead atoms. The summed E-state index contributed by atoms with van der Waals surface area (Å²) in [5.41, 5.74) is 1.05. The molecule has 1 amide bonds. The number of hydrogen-bond donors (Lipinski definition) is 1. The van der Waals surface area contributed by atoms with Crippen molar-refractivity contribution in [2.24, 2.45) is 5.92 Å². The molecule has 7 heteroatoms. The molecular formula is C17H23Cl2NO4. The Morgan fingerprint density at radius 1 is 1.33 bits per heavy atom. The minimum atomic E-state index is -0.702. The monoisotopic (exact) mass is 375 g/mol. The Balaban J connectivity index is 1.88. The molecule has 1 saturated heterocycles. The average Bonchev–Trinajstić information content (AvgIpc) is 2.61. The van der Waals surface area contributed by atoms with E-state index in [9.17, 15) is 4.79 Å². The molecule has 1 aliphatic rings. The lowest BCUT2D eigenvalue weighted by atomic mass is 9.94. The second-order valence-corrected chi connectivity index (χ2v) is 6.81. The highest BCUT2D eigenvalue weighted by Gasteiger charge is 2.35. The van der Waals surface area contributed by atoms with Crippen molar-refractivity contribution in [2.45, 2.75) is 30.2 Å². The van der Waals surface area contributed by atoms with E-state index in [4.69, 9.17) is 37.4 Å². The fourth-order valence-electron chi connectivity index (χ4n) is 2.83. The maximum absolute atomic E-state index is 12.4. The molecule has 0 radical (unpaired) electrons. The van der Waals surface area contributed by atoms with Crippen LogP contribution in [0.3, 0.4) is 0 Å². The van der Waals surface area contributed by atoms with Crippen LogP contribution in [-0.2, 0) is 16.0 Å². The SMILES string of the molecule is COc1ccc(CCNC(=O)[C@@H]2CCCO[C@H]2C(Cl)Cl)cc1OC. The summed E-state index contributed by atoms with van der Waals surface area (Å²) >= 11 is 11.8. The van der Waals surface area contributed by atoms with Gasteiger partial charge in [-0.15, -0.1) is 23.2 Å². The lowest BCUT2D eigenvalue weighted by Crippen LogP contribution is -2.44. The Kier molecular flexibility index (Phi) is 7.46. The first-order valence-corrected chi connectivity index (χ1v) is 8.82. The first kappa shape index (κ1) is 19.2. The van der Waals surface area contributed by atoms with E-state index in [1.807, 2.05) is 18.2 Å². The summed E-state index contributed by atoms with van der Waals surface area (Å²) < 4.78 is 16.0. The van der Waals surface area contributed by atoms with Crippen LogP contribution in [0.1, 0.15) is 18.4 Å². The number of halogens is 2. The summed E-state index contributed by atoms with van der Waals surface area (Å²) in [6, 6.07) is 5.71. The molecule has 1 aromatic rings. The van der Waals surface area contributed by atoms with Gasteiger partial charge >= 0.3 is 0 Å². The first-order chi connectivity index (χ1) is 11.6.